The molecule has 0 amide bonds. The van der Waals surface area contributed by atoms with Gasteiger partial charge in [-0.1, -0.05) is 23.7 Å². The van der Waals surface area contributed by atoms with E-state index in [1.807, 2.05) is 34.9 Å². The molecule has 5 heteroatoms. The number of fused-ring (bicyclic) bond motifs is 1. The Balaban J connectivity index is 1.90. The SMILES string of the molecule is COC(=O)c1ccc2nc(Cc3ccc(Cl)cc3)cn2c1. The van der Waals surface area contributed by atoms with Crippen LogP contribution in [0.5, 0.6) is 0 Å². The van der Waals surface area contributed by atoms with Crippen molar-refractivity contribution in [3.63, 3.8) is 0 Å². The third-order valence-electron chi connectivity index (χ3n) is 3.22. The number of rotatable bonds is 3. The van der Waals surface area contributed by atoms with Crippen molar-refractivity contribution in [2.24, 2.45) is 0 Å². The first-order valence-electron chi connectivity index (χ1n) is 6.46. The minimum atomic E-state index is -0.357. The first kappa shape index (κ1) is 13.6. The highest BCUT2D eigenvalue weighted by atomic mass is 35.5. The Morgan fingerprint density at radius 3 is 2.67 bits per heavy atom. The van der Waals surface area contributed by atoms with Gasteiger partial charge in [-0.2, -0.15) is 0 Å². The van der Waals surface area contributed by atoms with Gasteiger partial charge in [-0.25, -0.2) is 9.78 Å². The predicted molar refractivity (Wildman–Crippen MR) is 80.8 cm³/mol. The van der Waals surface area contributed by atoms with Crippen LogP contribution in [0.3, 0.4) is 0 Å². The van der Waals surface area contributed by atoms with Gasteiger partial charge in [0.15, 0.2) is 0 Å². The lowest BCUT2D eigenvalue weighted by molar-refractivity contribution is 0.0600. The number of methoxy groups -OCH3 is 1. The van der Waals surface area contributed by atoms with Crippen molar-refractivity contribution < 1.29 is 9.53 Å². The number of esters is 1. The van der Waals surface area contributed by atoms with Crippen molar-refractivity contribution in [1.29, 1.82) is 0 Å². The largest absolute Gasteiger partial charge is 0.465 e. The van der Waals surface area contributed by atoms with E-state index in [0.717, 1.165) is 21.9 Å². The second-order valence-electron chi connectivity index (χ2n) is 4.71. The monoisotopic (exact) mass is 300 g/mol. The molecule has 0 saturated heterocycles. The van der Waals surface area contributed by atoms with Gasteiger partial charge in [-0.15, -0.1) is 0 Å². The Bertz CT molecular complexity index is 794. The van der Waals surface area contributed by atoms with Crippen LogP contribution in [0.2, 0.25) is 5.02 Å². The molecule has 3 rings (SSSR count). The minimum Gasteiger partial charge on any atom is -0.465 e. The summed E-state index contributed by atoms with van der Waals surface area (Å²) in [4.78, 5) is 16.1. The fourth-order valence-corrected chi connectivity index (χ4v) is 2.31. The number of pyridine rings is 1. The summed E-state index contributed by atoms with van der Waals surface area (Å²) in [6, 6.07) is 11.2. The molecule has 1 aromatic carbocycles. The summed E-state index contributed by atoms with van der Waals surface area (Å²) in [6.07, 6.45) is 4.35. The third kappa shape index (κ3) is 2.90. The second kappa shape index (κ2) is 5.58. The maximum atomic E-state index is 11.5. The summed E-state index contributed by atoms with van der Waals surface area (Å²) < 4.78 is 6.54. The zero-order chi connectivity index (χ0) is 14.8. The number of nitrogens with zero attached hydrogens (tertiary/aromatic N) is 2. The van der Waals surface area contributed by atoms with Gasteiger partial charge in [0.05, 0.1) is 18.4 Å². The van der Waals surface area contributed by atoms with Crippen LogP contribution in [0, 0.1) is 0 Å². The molecule has 106 valence electrons. The highest BCUT2D eigenvalue weighted by Crippen LogP contribution is 2.15. The number of carbonyl (C=O) groups is 1. The summed E-state index contributed by atoms with van der Waals surface area (Å²) in [6.45, 7) is 0. The lowest BCUT2D eigenvalue weighted by atomic mass is 10.1. The van der Waals surface area contributed by atoms with Gasteiger partial charge in [0.1, 0.15) is 5.65 Å². The molecule has 0 unspecified atom stereocenters. The third-order valence-corrected chi connectivity index (χ3v) is 3.47. The van der Waals surface area contributed by atoms with E-state index in [9.17, 15) is 4.79 Å². The molecule has 0 aliphatic rings. The molecule has 0 aliphatic heterocycles. The number of hydrogen-bond donors (Lipinski definition) is 0. The van der Waals surface area contributed by atoms with Gasteiger partial charge in [-0.05, 0) is 29.8 Å². The molecule has 0 N–H and O–H groups in total. The van der Waals surface area contributed by atoms with E-state index in [-0.39, 0.29) is 5.97 Å². The molecular weight excluding hydrogens is 288 g/mol. The average Bonchev–Trinajstić information content (AvgIpc) is 2.90. The maximum absolute atomic E-state index is 11.5. The van der Waals surface area contributed by atoms with E-state index in [4.69, 9.17) is 16.3 Å². The van der Waals surface area contributed by atoms with Crippen LogP contribution in [-0.2, 0) is 11.2 Å². The number of imidazole rings is 1. The van der Waals surface area contributed by atoms with E-state index in [1.165, 1.54) is 7.11 Å². The van der Waals surface area contributed by atoms with Gasteiger partial charge in [0.25, 0.3) is 0 Å². The maximum Gasteiger partial charge on any atom is 0.339 e. The summed E-state index contributed by atoms with van der Waals surface area (Å²) >= 11 is 5.88. The summed E-state index contributed by atoms with van der Waals surface area (Å²) in [5.74, 6) is -0.357. The van der Waals surface area contributed by atoms with Gasteiger partial charge in [-0.3, -0.25) is 0 Å². The molecule has 0 spiro atoms. The topological polar surface area (TPSA) is 43.6 Å². The lowest BCUT2D eigenvalue weighted by Crippen LogP contribution is -2.02. The molecule has 0 aliphatic carbocycles. The first-order chi connectivity index (χ1) is 10.2. The van der Waals surface area contributed by atoms with Crippen molar-refractivity contribution in [1.82, 2.24) is 9.38 Å². The normalized spacial score (nSPS) is 10.8. The number of benzene rings is 1. The molecule has 2 heterocycles. The van der Waals surface area contributed by atoms with E-state index in [2.05, 4.69) is 4.98 Å². The second-order valence-corrected chi connectivity index (χ2v) is 5.15. The zero-order valence-electron chi connectivity index (χ0n) is 11.4. The standard InChI is InChI=1S/C16H13ClN2O2/c1-21-16(20)12-4-7-15-18-14(10-19(15)9-12)8-11-2-5-13(17)6-3-11/h2-7,9-10H,8H2,1H3. The smallest absolute Gasteiger partial charge is 0.339 e. The van der Waals surface area contributed by atoms with Crippen LogP contribution in [-0.4, -0.2) is 22.5 Å². The predicted octanol–water partition coefficient (Wildman–Crippen LogP) is 3.37. The van der Waals surface area contributed by atoms with E-state index in [0.29, 0.717) is 12.0 Å². The first-order valence-corrected chi connectivity index (χ1v) is 6.84. The van der Waals surface area contributed by atoms with Crippen molar-refractivity contribution in [3.8, 4) is 0 Å². The average molecular weight is 301 g/mol. The Morgan fingerprint density at radius 1 is 1.19 bits per heavy atom. The summed E-state index contributed by atoms with van der Waals surface area (Å²) in [5, 5.41) is 0.719. The zero-order valence-corrected chi connectivity index (χ0v) is 12.2. The molecule has 21 heavy (non-hydrogen) atoms. The van der Waals surface area contributed by atoms with E-state index >= 15 is 0 Å². The number of aromatic nitrogens is 2. The van der Waals surface area contributed by atoms with Crippen molar-refractivity contribution in [2.75, 3.05) is 7.11 Å². The Hall–Kier alpha value is -2.33. The van der Waals surface area contributed by atoms with Gasteiger partial charge >= 0.3 is 5.97 Å². The fourth-order valence-electron chi connectivity index (χ4n) is 2.18. The Morgan fingerprint density at radius 2 is 1.95 bits per heavy atom. The summed E-state index contributed by atoms with van der Waals surface area (Å²) in [7, 11) is 1.37. The minimum absolute atomic E-state index is 0.357. The molecular formula is C16H13ClN2O2. The van der Waals surface area contributed by atoms with Crippen LogP contribution in [0.25, 0.3) is 5.65 Å². The molecule has 3 aromatic rings. The Kier molecular flexibility index (Phi) is 3.62. The summed E-state index contributed by atoms with van der Waals surface area (Å²) in [5.41, 5.74) is 3.36. The quantitative estimate of drug-likeness (QED) is 0.697. The molecule has 0 atom stereocenters. The molecule has 0 bridgehead atoms. The lowest BCUT2D eigenvalue weighted by Gasteiger charge is -1.99. The van der Waals surface area contributed by atoms with Crippen molar-refractivity contribution in [3.05, 3.63) is 70.6 Å². The van der Waals surface area contributed by atoms with Gasteiger partial charge in [0.2, 0.25) is 0 Å². The number of hydrogen-bond acceptors (Lipinski definition) is 3. The van der Waals surface area contributed by atoms with Crippen molar-refractivity contribution >= 4 is 23.2 Å². The van der Waals surface area contributed by atoms with Crippen molar-refractivity contribution in [2.45, 2.75) is 6.42 Å². The number of halogens is 1. The van der Waals surface area contributed by atoms with E-state index in [1.54, 1.807) is 18.3 Å². The van der Waals surface area contributed by atoms with Crippen LogP contribution in [0.15, 0.2) is 48.8 Å². The van der Waals surface area contributed by atoms with Crippen LogP contribution in [0.1, 0.15) is 21.6 Å². The van der Waals surface area contributed by atoms with E-state index < -0.39 is 0 Å². The van der Waals surface area contributed by atoms with Crippen LogP contribution < -0.4 is 0 Å². The Labute approximate surface area is 126 Å². The van der Waals surface area contributed by atoms with Crippen LogP contribution in [0.4, 0.5) is 0 Å². The molecule has 0 saturated carbocycles. The molecule has 2 aromatic heterocycles. The van der Waals surface area contributed by atoms with Gasteiger partial charge < -0.3 is 9.14 Å². The highest BCUT2D eigenvalue weighted by Gasteiger charge is 2.08. The molecule has 0 radical (unpaired) electrons. The fraction of sp³-hybridized carbons (Fsp3) is 0.125. The highest BCUT2D eigenvalue weighted by molar-refractivity contribution is 6.30. The number of carbonyl (C=O) groups excluding carboxylic acids is 1. The molecule has 4 nitrogen and oxygen atoms in total. The number of ether oxygens (including phenoxy) is 1. The van der Waals surface area contributed by atoms with Crippen LogP contribution >= 0.6 is 11.6 Å². The van der Waals surface area contributed by atoms with Gasteiger partial charge in [0, 0.05) is 23.8 Å². The molecule has 0 fully saturated rings.